The number of hydrogen-bond acceptors (Lipinski definition) is 10. The molecule has 0 radical (unpaired) electrons. The zero-order chi connectivity index (χ0) is 29.0. The van der Waals surface area contributed by atoms with E-state index in [0.717, 1.165) is 5.69 Å². The molecule has 11 heteroatoms. The Labute approximate surface area is 231 Å². The second-order valence-electron chi connectivity index (χ2n) is 10.9. The van der Waals surface area contributed by atoms with E-state index in [1.165, 1.54) is 11.0 Å². The number of benzene rings is 1. The summed E-state index contributed by atoms with van der Waals surface area (Å²) < 4.78 is 0. The fourth-order valence-corrected chi connectivity index (χ4v) is 6.45. The molecule has 0 amide bonds. The first kappa shape index (κ1) is 28.8. The number of ketones is 4. The van der Waals surface area contributed by atoms with E-state index < -0.39 is 57.9 Å². The summed E-state index contributed by atoms with van der Waals surface area (Å²) in [4.78, 5) is 55.6. The minimum absolute atomic E-state index is 0.000677. The largest absolute Gasteiger partial charge is 0.508 e. The van der Waals surface area contributed by atoms with E-state index in [-0.39, 0.29) is 60.7 Å². The Morgan fingerprint density at radius 1 is 1.08 bits per heavy atom. The summed E-state index contributed by atoms with van der Waals surface area (Å²) in [5.74, 6) is -6.52. The quantitative estimate of drug-likeness (QED) is 0.274. The molecule has 1 fully saturated rings. The maximum atomic E-state index is 14.0. The number of carbonyl (C=O) groups excluding carboxylic acids is 4. The Morgan fingerprint density at radius 3 is 2.33 bits per heavy atom. The molecule has 4 N–H and O–H groups in total. The lowest BCUT2D eigenvalue weighted by Crippen LogP contribution is -2.65. The standard InChI is InChI=1S/C28H33ClN2O8/c1-30(2)17-8-9-19(34)21-15(17)10-13-11-16-23(31(3)4)25(36)22(18(33)7-5-6-14(32)12-29)27(38)28(16,39)26(37)20(13)24(21)35/h8-9,13,16,23,34-35,38-39H,5-7,10-12H2,1-4H3/t13-,16-,23+,28-/m0/s1. The van der Waals surface area contributed by atoms with Crippen LogP contribution in [0.25, 0.3) is 5.76 Å². The second kappa shape index (κ2) is 10.4. The first-order valence-electron chi connectivity index (χ1n) is 12.7. The monoisotopic (exact) mass is 560 g/mol. The van der Waals surface area contributed by atoms with Gasteiger partial charge in [0.2, 0.25) is 5.78 Å². The molecule has 1 aromatic rings. The highest BCUT2D eigenvalue weighted by Crippen LogP contribution is 2.53. The van der Waals surface area contributed by atoms with Crippen LogP contribution in [0.3, 0.4) is 0 Å². The van der Waals surface area contributed by atoms with Crippen LogP contribution in [-0.4, -0.2) is 94.2 Å². The van der Waals surface area contributed by atoms with Gasteiger partial charge in [-0.05, 0) is 57.0 Å². The number of anilines is 1. The molecule has 0 aromatic heterocycles. The molecule has 4 rings (SSSR count). The van der Waals surface area contributed by atoms with Crippen LogP contribution in [0.2, 0.25) is 0 Å². The highest BCUT2D eigenvalue weighted by atomic mass is 35.5. The maximum absolute atomic E-state index is 14.0. The topological polar surface area (TPSA) is 156 Å². The Morgan fingerprint density at radius 2 is 1.74 bits per heavy atom. The van der Waals surface area contributed by atoms with Crippen LogP contribution in [0.1, 0.15) is 36.8 Å². The molecule has 39 heavy (non-hydrogen) atoms. The smallest absolute Gasteiger partial charge is 0.202 e. The lowest BCUT2D eigenvalue weighted by molar-refractivity contribution is -0.153. The Balaban J connectivity index is 1.86. The van der Waals surface area contributed by atoms with E-state index in [4.69, 9.17) is 11.6 Å². The minimum Gasteiger partial charge on any atom is -0.508 e. The number of aliphatic hydroxyl groups is 3. The summed E-state index contributed by atoms with van der Waals surface area (Å²) in [5.41, 5.74) is -2.06. The molecule has 3 aliphatic carbocycles. The summed E-state index contributed by atoms with van der Waals surface area (Å²) >= 11 is 5.50. The number of alkyl halides is 1. The van der Waals surface area contributed by atoms with E-state index in [2.05, 4.69) is 0 Å². The van der Waals surface area contributed by atoms with Gasteiger partial charge < -0.3 is 25.3 Å². The number of aromatic hydroxyl groups is 1. The van der Waals surface area contributed by atoms with Gasteiger partial charge in [-0.2, -0.15) is 0 Å². The molecule has 1 saturated carbocycles. The van der Waals surface area contributed by atoms with Crippen molar-refractivity contribution >= 4 is 46.2 Å². The lowest BCUT2D eigenvalue weighted by atomic mass is 9.57. The van der Waals surface area contributed by atoms with Gasteiger partial charge in [-0.1, -0.05) is 0 Å². The Kier molecular flexibility index (Phi) is 7.68. The number of nitrogens with zero attached hydrogens (tertiary/aromatic N) is 2. The van der Waals surface area contributed by atoms with Crippen molar-refractivity contribution in [1.82, 2.24) is 4.90 Å². The van der Waals surface area contributed by atoms with Gasteiger partial charge in [-0.3, -0.25) is 24.1 Å². The fourth-order valence-electron chi connectivity index (χ4n) is 6.32. The molecule has 210 valence electrons. The first-order valence-corrected chi connectivity index (χ1v) is 13.3. The molecule has 0 spiro atoms. The number of likely N-dealkylation sites (N-methyl/N-ethyl adjacent to an activating group) is 1. The second-order valence-corrected chi connectivity index (χ2v) is 11.2. The van der Waals surface area contributed by atoms with Crippen LogP contribution in [0, 0.1) is 11.8 Å². The third-order valence-corrected chi connectivity index (χ3v) is 8.40. The average molecular weight is 561 g/mol. The van der Waals surface area contributed by atoms with E-state index in [1.54, 1.807) is 20.2 Å². The molecule has 3 aliphatic rings. The SMILES string of the molecule is CN(C)c1ccc(O)c2c1C[C@H]1C[C@H]3[C@@H](N(C)C)C(=O)C(C(=O)CCCC(=O)CCl)=C(O)[C@@]3(O)C(=O)C1=C2O. The maximum Gasteiger partial charge on any atom is 0.202 e. The lowest BCUT2D eigenvalue weighted by Gasteiger charge is -2.50. The van der Waals surface area contributed by atoms with Crippen molar-refractivity contribution < 1.29 is 39.6 Å². The van der Waals surface area contributed by atoms with E-state index in [1.807, 2.05) is 19.0 Å². The zero-order valence-electron chi connectivity index (χ0n) is 22.3. The van der Waals surface area contributed by atoms with Gasteiger partial charge in [-0.15, -0.1) is 11.6 Å². The summed E-state index contributed by atoms with van der Waals surface area (Å²) in [6.45, 7) is 0. The summed E-state index contributed by atoms with van der Waals surface area (Å²) in [7, 11) is 6.78. The average Bonchev–Trinajstić information content (AvgIpc) is 2.85. The van der Waals surface area contributed by atoms with Crippen LogP contribution in [-0.2, 0) is 25.6 Å². The normalized spacial score (nSPS) is 26.4. The number of carbonyl (C=O) groups is 4. The molecular weight excluding hydrogens is 528 g/mol. The van der Waals surface area contributed by atoms with E-state index >= 15 is 0 Å². The molecule has 0 unspecified atom stereocenters. The fraction of sp³-hybridized carbons (Fsp3) is 0.500. The van der Waals surface area contributed by atoms with Gasteiger partial charge in [0.1, 0.15) is 28.6 Å². The number of aliphatic hydroxyl groups excluding tert-OH is 2. The number of Topliss-reactive ketones (excluding diaryl/α,β-unsaturated/α-hetero) is 4. The van der Waals surface area contributed by atoms with Crippen molar-refractivity contribution in [2.45, 2.75) is 43.7 Å². The summed E-state index contributed by atoms with van der Waals surface area (Å²) in [6, 6.07) is 1.99. The first-order chi connectivity index (χ1) is 18.3. The van der Waals surface area contributed by atoms with Crippen molar-refractivity contribution in [2.75, 3.05) is 39.0 Å². The van der Waals surface area contributed by atoms with Crippen LogP contribution in [0.15, 0.2) is 29.0 Å². The zero-order valence-corrected chi connectivity index (χ0v) is 23.1. The molecule has 1 aromatic carbocycles. The third-order valence-electron chi connectivity index (χ3n) is 8.10. The molecule has 0 saturated heterocycles. The number of phenolic OH excluding ortho intramolecular Hbond substituents is 1. The molecule has 0 heterocycles. The molecule has 0 aliphatic heterocycles. The van der Waals surface area contributed by atoms with E-state index in [9.17, 15) is 39.6 Å². The Bertz CT molecular complexity index is 1330. The van der Waals surface area contributed by atoms with Crippen molar-refractivity contribution in [1.29, 1.82) is 0 Å². The summed E-state index contributed by atoms with van der Waals surface area (Å²) in [6.07, 6.45) is 0.103. The number of rotatable bonds is 8. The molecule has 10 nitrogen and oxygen atoms in total. The van der Waals surface area contributed by atoms with E-state index in [0.29, 0.717) is 5.56 Å². The van der Waals surface area contributed by atoms with Crippen molar-refractivity contribution in [3.63, 3.8) is 0 Å². The molecule has 4 atom stereocenters. The minimum atomic E-state index is -2.65. The number of hydrogen-bond donors (Lipinski definition) is 4. The number of fused-ring (bicyclic) bond motifs is 3. The Hall–Kier alpha value is -3.21. The summed E-state index contributed by atoms with van der Waals surface area (Å²) in [5, 5.41) is 45.0. The van der Waals surface area contributed by atoms with Crippen LogP contribution >= 0.6 is 11.6 Å². The van der Waals surface area contributed by atoms with Crippen LogP contribution in [0.4, 0.5) is 5.69 Å². The number of halogens is 1. The number of phenols is 1. The van der Waals surface area contributed by atoms with Crippen molar-refractivity contribution in [3.8, 4) is 5.75 Å². The predicted molar refractivity (Wildman–Crippen MR) is 144 cm³/mol. The van der Waals surface area contributed by atoms with Gasteiger partial charge in [0, 0.05) is 44.1 Å². The molecule has 0 bridgehead atoms. The van der Waals surface area contributed by atoms with Gasteiger partial charge in [-0.25, -0.2) is 0 Å². The van der Waals surface area contributed by atoms with Crippen LogP contribution in [0.5, 0.6) is 5.75 Å². The van der Waals surface area contributed by atoms with Gasteiger partial charge >= 0.3 is 0 Å². The third kappa shape index (κ3) is 4.44. The van der Waals surface area contributed by atoms with Crippen molar-refractivity contribution in [3.05, 3.63) is 40.2 Å². The van der Waals surface area contributed by atoms with Gasteiger partial charge in [0.15, 0.2) is 17.2 Å². The van der Waals surface area contributed by atoms with Gasteiger partial charge in [0.25, 0.3) is 0 Å². The molecular formula is C28H33ClN2O8. The van der Waals surface area contributed by atoms with Crippen molar-refractivity contribution in [2.24, 2.45) is 11.8 Å². The van der Waals surface area contributed by atoms with Gasteiger partial charge in [0.05, 0.1) is 17.5 Å². The van der Waals surface area contributed by atoms with Crippen LogP contribution < -0.4 is 4.90 Å². The predicted octanol–water partition coefficient (Wildman–Crippen LogP) is 2.09. The highest BCUT2D eigenvalue weighted by Gasteiger charge is 2.64. The highest BCUT2D eigenvalue weighted by molar-refractivity contribution is 6.28.